The van der Waals surface area contributed by atoms with Gasteiger partial charge in [0.25, 0.3) is 0 Å². The Morgan fingerprint density at radius 2 is 0.844 bits per heavy atom. The van der Waals surface area contributed by atoms with Crippen LogP contribution in [-0.2, 0) is 0 Å². The SMILES string of the molecule is CC1(C)CCCC(C)(C)[N]1[In]=[Si]([Si](C)(C(C)(C)C)C(C)(C)C)[Si](C)(C(C)(C)C)C(C)(C)C. The third kappa shape index (κ3) is 5.36. The van der Waals surface area contributed by atoms with E-state index in [9.17, 15) is 0 Å². The first-order valence-electron chi connectivity index (χ1n) is 13.2. The molecule has 0 aromatic heterocycles. The summed E-state index contributed by atoms with van der Waals surface area (Å²) >= 11 is -1.05. The molecular formula is C27H60InNSi3. The summed E-state index contributed by atoms with van der Waals surface area (Å²) in [5.74, 6) is 0. The van der Waals surface area contributed by atoms with Crippen molar-refractivity contribution in [2.24, 2.45) is 0 Å². The summed E-state index contributed by atoms with van der Waals surface area (Å²) in [6.07, 6.45) is 4.19. The van der Waals surface area contributed by atoms with Gasteiger partial charge in [0, 0.05) is 0 Å². The second kappa shape index (κ2) is 9.01. The van der Waals surface area contributed by atoms with Crippen molar-refractivity contribution >= 4 is 41.5 Å². The van der Waals surface area contributed by atoms with Crippen LogP contribution in [0.4, 0.5) is 0 Å². The topological polar surface area (TPSA) is 3.24 Å². The molecule has 1 nitrogen and oxygen atoms in total. The molecule has 1 fully saturated rings. The molecular weight excluding hydrogens is 537 g/mol. The van der Waals surface area contributed by atoms with Crippen LogP contribution in [0, 0.1) is 0 Å². The zero-order chi connectivity index (χ0) is 26.0. The van der Waals surface area contributed by atoms with Gasteiger partial charge in [0.2, 0.25) is 0 Å². The first-order chi connectivity index (χ1) is 13.7. The van der Waals surface area contributed by atoms with Crippen molar-refractivity contribution < 1.29 is 0 Å². The van der Waals surface area contributed by atoms with E-state index in [2.05, 4.69) is 127 Å². The second-order valence-electron chi connectivity index (χ2n) is 16.6. The van der Waals surface area contributed by atoms with Crippen LogP contribution in [0.3, 0.4) is 0 Å². The molecule has 32 heavy (non-hydrogen) atoms. The van der Waals surface area contributed by atoms with Gasteiger partial charge in [0.05, 0.1) is 0 Å². The Labute approximate surface area is 217 Å². The Hall–Kier alpha value is 1.32. The third-order valence-corrected chi connectivity index (χ3v) is 92.6. The molecule has 0 amide bonds. The molecule has 1 aliphatic heterocycles. The predicted octanol–water partition coefficient (Wildman–Crippen LogP) is 9.15. The van der Waals surface area contributed by atoms with E-state index in [0.717, 1.165) is 0 Å². The van der Waals surface area contributed by atoms with Gasteiger partial charge in [0.1, 0.15) is 0 Å². The first kappa shape index (κ1) is 31.4. The Balaban J connectivity index is 4.27. The minimum absolute atomic E-state index is 0.384. The van der Waals surface area contributed by atoms with Crippen LogP contribution < -0.4 is 0 Å². The maximum atomic E-state index is 3.23. The summed E-state index contributed by atoms with van der Waals surface area (Å²) in [6.45, 7) is 47.9. The van der Waals surface area contributed by atoms with Crippen LogP contribution in [-0.4, -0.2) is 55.5 Å². The fraction of sp³-hybridized carbons (Fsp3) is 1.00. The molecule has 1 rings (SSSR count). The Bertz CT molecular complexity index is 625. The molecule has 188 valence electrons. The third-order valence-electron chi connectivity index (χ3n) is 10.2. The van der Waals surface area contributed by atoms with E-state index >= 15 is 0 Å². The molecule has 0 unspecified atom stereocenters. The molecule has 1 aliphatic rings. The van der Waals surface area contributed by atoms with Gasteiger partial charge >= 0.3 is 219 Å². The number of rotatable bonds is 3. The van der Waals surface area contributed by atoms with E-state index in [-0.39, 0.29) is 0 Å². The molecule has 0 bridgehead atoms. The van der Waals surface area contributed by atoms with Crippen molar-refractivity contribution in [1.29, 1.82) is 0 Å². The van der Waals surface area contributed by atoms with E-state index < -0.39 is 41.5 Å². The molecule has 0 saturated carbocycles. The van der Waals surface area contributed by atoms with Gasteiger partial charge in [-0.15, -0.1) is 0 Å². The van der Waals surface area contributed by atoms with Crippen LogP contribution >= 0.6 is 0 Å². The summed E-state index contributed by atoms with van der Waals surface area (Å²) < 4.78 is 2.74. The monoisotopic (exact) mass is 597 g/mol. The van der Waals surface area contributed by atoms with Crippen LogP contribution in [0.15, 0.2) is 0 Å². The summed E-state index contributed by atoms with van der Waals surface area (Å²) in [6, 6.07) is 0. The van der Waals surface area contributed by atoms with Crippen molar-refractivity contribution in [1.82, 2.24) is 2.89 Å². The van der Waals surface area contributed by atoms with Crippen molar-refractivity contribution in [2.75, 3.05) is 0 Å². The molecule has 0 spiro atoms. The number of hydrogen-bond acceptors (Lipinski definition) is 1. The number of piperidine rings is 1. The van der Waals surface area contributed by atoms with Gasteiger partial charge < -0.3 is 0 Å². The summed E-state index contributed by atoms with van der Waals surface area (Å²) in [5.41, 5.74) is 0.768. The molecule has 0 radical (unpaired) electrons. The average Bonchev–Trinajstić information content (AvgIpc) is 2.47. The van der Waals surface area contributed by atoms with E-state index in [1.54, 1.807) is 0 Å². The Morgan fingerprint density at radius 3 is 1.06 bits per heavy atom. The van der Waals surface area contributed by atoms with E-state index in [1.807, 2.05) is 0 Å². The van der Waals surface area contributed by atoms with Crippen molar-refractivity contribution in [3.63, 3.8) is 0 Å². The van der Waals surface area contributed by atoms with Crippen molar-refractivity contribution in [3.8, 4) is 0 Å². The Kier molecular flexibility index (Phi) is 8.83. The first-order valence-corrected chi connectivity index (χ1v) is 28.2. The summed E-state index contributed by atoms with van der Waals surface area (Å²) in [7, 11) is -3.28. The van der Waals surface area contributed by atoms with Crippen LogP contribution in [0.25, 0.3) is 0 Å². The number of hydrogen-bond donors (Lipinski definition) is 0. The molecule has 0 aromatic carbocycles. The van der Waals surface area contributed by atoms with Crippen molar-refractivity contribution in [3.05, 3.63) is 0 Å². The standard InChI is InChI=1S/C18H42Si3.C9H18N.In/c1-15(2,3)20(13,16(4,5)6)19-21(14,17(7,8)9)18(10,11)12;1-8(2)6-5-7-9(3,4)10-8;/h1-14H3;5-7H2,1-4H3;/q;-1;+1. The fourth-order valence-electron chi connectivity index (χ4n) is 7.12. The van der Waals surface area contributed by atoms with E-state index in [1.165, 1.54) is 19.3 Å². The molecule has 5 heteroatoms. The van der Waals surface area contributed by atoms with Crippen LogP contribution in [0.5, 0.6) is 0 Å². The average molecular weight is 598 g/mol. The molecule has 0 aromatic rings. The number of nitrogens with zero attached hydrogens (tertiary/aromatic N) is 1. The van der Waals surface area contributed by atoms with Crippen LogP contribution in [0.1, 0.15) is 130 Å². The quantitative estimate of drug-likeness (QED) is 0.293. The van der Waals surface area contributed by atoms with Crippen molar-refractivity contribution in [2.45, 2.75) is 174 Å². The van der Waals surface area contributed by atoms with Gasteiger partial charge in [-0.2, -0.15) is 0 Å². The van der Waals surface area contributed by atoms with Gasteiger partial charge in [-0.3, -0.25) is 0 Å². The minimum atomic E-state index is -1.64. The van der Waals surface area contributed by atoms with Gasteiger partial charge in [-0.1, -0.05) is 0 Å². The molecule has 0 N–H and O–H groups in total. The summed E-state index contributed by atoms with van der Waals surface area (Å²) in [4.78, 5) is 0. The Morgan fingerprint density at radius 1 is 0.594 bits per heavy atom. The second-order valence-corrected chi connectivity index (χ2v) is 57.5. The molecule has 1 heterocycles. The fourth-order valence-corrected chi connectivity index (χ4v) is 126. The predicted molar refractivity (Wildman–Crippen MR) is 157 cm³/mol. The summed E-state index contributed by atoms with van der Waals surface area (Å²) in [5, 5.41) is 1.78. The van der Waals surface area contributed by atoms with E-state index in [4.69, 9.17) is 0 Å². The molecule has 1 saturated heterocycles. The maximum absolute atomic E-state index is 3.23. The van der Waals surface area contributed by atoms with Gasteiger partial charge in [-0.05, 0) is 0 Å². The normalized spacial score (nSPS) is 20.8. The molecule has 0 aliphatic carbocycles. The van der Waals surface area contributed by atoms with Gasteiger partial charge in [0.15, 0.2) is 0 Å². The molecule has 0 atom stereocenters. The van der Waals surface area contributed by atoms with Crippen LogP contribution in [0.2, 0.25) is 33.2 Å². The van der Waals surface area contributed by atoms with E-state index in [0.29, 0.717) is 31.2 Å². The van der Waals surface area contributed by atoms with Gasteiger partial charge in [-0.25, -0.2) is 0 Å². The zero-order valence-electron chi connectivity index (χ0n) is 25.6. The zero-order valence-corrected chi connectivity index (χ0v) is 31.9.